The molecule has 21 heavy (non-hydrogen) atoms. The van der Waals surface area contributed by atoms with Crippen LogP contribution in [0.15, 0.2) is 18.3 Å². The molecule has 1 aromatic heterocycles. The van der Waals surface area contributed by atoms with Crippen molar-refractivity contribution in [3.8, 4) is 0 Å². The summed E-state index contributed by atoms with van der Waals surface area (Å²) in [5.74, 6) is 1.14. The zero-order chi connectivity index (χ0) is 15.3. The third-order valence-corrected chi connectivity index (χ3v) is 4.74. The summed E-state index contributed by atoms with van der Waals surface area (Å²) in [4.78, 5) is 7.01. The third-order valence-electron chi connectivity index (χ3n) is 4.74. The number of aromatic nitrogens is 1. The average Bonchev–Trinajstić information content (AvgIpc) is 2.96. The van der Waals surface area contributed by atoms with E-state index in [1.54, 1.807) is 0 Å². The van der Waals surface area contributed by atoms with Gasteiger partial charge >= 0.3 is 0 Å². The molecule has 3 nitrogen and oxygen atoms in total. The molecule has 118 valence electrons. The van der Waals surface area contributed by atoms with Crippen molar-refractivity contribution >= 4 is 5.82 Å². The number of pyridine rings is 1. The largest absolute Gasteiger partial charge is 0.355 e. The van der Waals surface area contributed by atoms with Gasteiger partial charge in [0, 0.05) is 30.9 Å². The molecule has 1 saturated heterocycles. The van der Waals surface area contributed by atoms with Crippen LogP contribution in [0.2, 0.25) is 0 Å². The average molecular weight is 289 g/mol. The second-order valence-electron chi connectivity index (χ2n) is 6.37. The normalized spacial score (nSPS) is 23.2. The minimum absolute atomic E-state index is 0.417. The predicted octanol–water partition coefficient (Wildman–Crippen LogP) is 3.78. The van der Waals surface area contributed by atoms with E-state index in [0.717, 1.165) is 25.3 Å². The summed E-state index contributed by atoms with van der Waals surface area (Å²) in [6.45, 7) is 10.8. The molecule has 1 atom stereocenters. The van der Waals surface area contributed by atoms with Crippen LogP contribution in [-0.4, -0.2) is 29.7 Å². The molecular weight excluding hydrogens is 258 g/mol. The Hall–Kier alpha value is -1.09. The molecule has 2 fully saturated rings. The Morgan fingerprint density at radius 1 is 1.33 bits per heavy atom. The van der Waals surface area contributed by atoms with Crippen LogP contribution in [0.25, 0.3) is 0 Å². The van der Waals surface area contributed by atoms with E-state index in [0.29, 0.717) is 11.6 Å². The van der Waals surface area contributed by atoms with Gasteiger partial charge in [-0.05, 0) is 50.7 Å². The molecule has 0 radical (unpaired) electrons. The zero-order valence-electron chi connectivity index (χ0n) is 14.2. The van der Waals surface area contributed by atoms with E-state index in [2.05, 4.69) is 41.2 Å². The van der Waals surface area contributed by atoms with E-state index in [4.69, 9.17) is 0 Å². The topological polar surface area (TPSA) is 28.2 Å². The minimum atomic E-state index is 0.417. The summed E-state index contributed by atoms with van der Waals surface area (Å²) in [7, 11) is 0. The van der Waals surface area contributed by atoms with Crippen LogP contribution in [0.4, 0.5) is 5.82 Å². The van der Waals surface area contributed by atoms with Crippen LogP contribution in [0, 0.1) is 0 Å². The Kier molecular flexibility index (Phi) is 5.63. The number of rotatable bonds is 4. The molecule has 1 N–H and O–H groups in total. The molecule has 0 amide bonds. The Morgan fingerprint density at radius 2 is 2.10 bits per heavy atom. The standard InChI is InChI=1S/C16H25N3.C2H6/c1-3-13-5-6-15(17-11-13)19-10-7-14(12-19)18-16(2)8-4-9-16;1-2/h5-6,11,14,18H,3-4,7-10,12H2,1-2H3;1-2H3. The van der Waals surface area contributed by atoms with Gasteiger partial charge < -0.3 is 10.2 Å². The molecule has 1 saturated carbocycles. The Bertz CT molecular complexity index is 423. The van der Waals surface area contributed by atoms with Crippen molar-refractivity contribution in [3.05, 3.63) is 23.9 Å². The van der Waals surface area contributed by atoms with Gasteiger partial charge in [0.05, 0.1) is 0 Å². The first-order valence-electron chi connectivity index (χ1n) is 8.66. The number of hydrogen-bond acceptors (Lipinski definition) is 3. The maximum absolute atomic E-state index is 4.59. The van der Waals surface area contributed by atoms with Gasteiger partial charge in [0.15, 0.2) is 0 Å². The smallest absolute Gasteiger partial charge is 0.128 e. The maximum Gasteiger partial charge on any atom is 0.128 e. The van der Waals surface area contributed by atoms with Crippen molar-refractivity contribution in [1.82, 2.24) is 10.3 Å². The highest BCUT2D eigenvalue weighted by Gasteiger charge is 2.35. The van der Waals surface area contributed by atoms with Gasteiger partial charge in [-0.3, -0.25) is 0 Å². The van der Waals surface area contributed by atoms with Gasteiger partial charge in [-0.1, -0.05) is 26.8 Å². The summed E-state index contributed by atoms with van der Waals surface area (Å²) in [6, 6.07) is 5.01. The van der Waals surface area contributed by atoms with Crippen molar-refractivity contribution in [2.75, 3.05) is 18.0 Å². The second kappa shape index (κ2) is 7.26. The van der Waals surface area contributed by atoms with E-state index in [1.807, 2.05) is 20.0 Å². The lowest BCUT2D eigenvalue weighted by atomic mass is 9.78. The van der Waals surface area contributed by atoms with Crippen LogP contribution in [0.1, 0.15) is 58.9 Å². The second-order valence-corrected chi connectivity index (χ2v) is 6.37. The number of hydrogen-bond donors (Lipinski definition) is 1. The maximum atomic E-state index is 4.59. The Labute approximate surface area is 130 Å². The molecule has 2 aliphatic rings. The Balaban J connectivity index is 0.000000774. The van der Waals surface area contributed by atoms with Crippen molar-refractivity contribution in [1.29, 1.82) is 0 Å². The van der Waals surface area contributed by atoms with Gasteiger partial charge in [0.2, 0.25) is 0 Å². The molecule has 3 rings (SSSR count). The highest BCUT2D eigenvalue weighted by Crippen LogP contribution is 2.32. The molecule has 1 aliphatic heterocycles. The summed E-state index contributed by atoms with van der Waals surface area (Å²) in [5.41, 5.74) is 1.74. The fourth-order valence-electron chi connectivity index (χ4n) is 3.24. The lowest BCUT2D eigenvalue weighted by Gasteiger charge is -2.41. The molecule has 1 aromatic rings. The van der Waals surface area contributed by atoms with Gasteiger partial charge in [-0.2, -0.15) is 0 Å². The quantitative estimate of drug-likeness (QED) is 0.914. The first-order valence-corrected chi connectivity index (χ1v) is 8.66. The van der Waals surface area contributed by atoms with Gasteiger partial charge in [0.1, 0.15) is 5.82 Å². The van der Waals surface area contributed by atoms with Crippen LogP contribution in [0.5, 0.6) is 0 Å². The van der Waals surface area contributed by atoms with Gasteiger partial charge in [-0.25, -0.2) is 4.98 Å². The number of aryl methyl sites for hydroxylation is 1. The SMILES string of the molecule is CC.CCc1ccc(N2CCC(NC3(C)CCC3)C2)nc1. The summed E-state index contributed by atoms with van der Waals surface area (Å²) >= 11 is 0. The molecule has 0 aromatic carbocycles. The molecule has 1 unspecified atom stereocenters. The molecule has 2 heterocycles. The Morgan fingerprint density at radius 3 is 2.62 bits per heavy atom. The number of nitrogens with one attached hydrogen (secondary N) is 1. The van der Waals surface area contributed by atoms with Crippen molar-refractivity contribution < 1.29 is 0 Å². The predicted molar refractivity (Wildman–Crippen MR) is 91.0 cm³/mol. The lowest BCUT2D eigenvalue weighted by Crippen LogP contribution is -2.53. The zero-order valence-corrected chi connectivity index (χ0v) is 14.2. The van der Waals surface area contributed by atoms with Crippen LogP contribution >= 0.6 is 0 Å². The van der Waals surface area contributed by atoms with Crippen molar-refractivity contribution in [2.24, 2.45) is 0 Å². The van der Waals surface area contributed by atoms with E-state index in [-0.39, 0.29) is 0 Å². The van der Waals surface area contributed by atoms with Crippen molar-refractivity contribution in [3.63, 3.8) is 0 Å². The monoisotopic (exact) mass is 289 g/mol. The van der Waals surface area contributed by atoms with E-state index < -0.39 is 0 Å². The first kappa shape index (κ1) is 16.3. The van der Waals surface area contributed by atoms with Gasteiger partial charge in [0.25, 0.3) is 0 Å². The molecule has 1 aliphatic carbocycles. The number of nitrogens with zero attached hydrogens (tertiary/aromatic N) is 2. The summed E-state index contributed by atoms with van der Waals surface area (Å²) < 4.78 is 0. The van der Waals surface area contributed by atoms with Crippen molar-refractivity contribution in [2.45, 2.75) is 71.4 Å². The fraction of sp³-hybridized carbons (Fsp3) is 0.722. The molecular formula is C18H31N3. The first-order chi connectivity index (χ1) is 10.2. The number of anilines is 1. The van der Waals surface area contributed by atoms with E-state index >= 15 is 0 Å². The van der Waals surface area contributed by atoms with Crippen LogP contribution in [-0.2, 0) is 6.42 Å². The highest BCUT2D eigenvalue weighted by atomic mass is 15.2. The van der Waals surface area contributed by atoms with E-state index in [1.165, 1.54) is 31.2 Å². The highest BCUT2D eigenvalue weighted by molar-refractivity contribution is 5.41. The van der Waals surface area contributed by atoms with E-state index in [9.17, 15) is 0 Å². The van der Waals surface area contributed by atoms with Gasteiger partial charge in [-0.15, -0.1) is 0 Å². The lowest BCUT2D eigenvalue weighted by molar-refractivity contribution is 0.189. The third kappa shape index (κ3) is 3.97. The fourth-order valence-corrected chi connectivity index (χ4v) is 3.24. The minimum Gasteiger partial charge on any atom is -0.355 e. The van der Waals surface area contributed by atoms with Crippen LogP contribution < -0.4 is 10.2 Å². The summed E-state index contributed by atoms with van der Waals surface area (Å²) in [5, 5.41) is 3.84. The molecule has 0 spiro atoms. The molecule has 3 heteroatoms. The molecule has 0 bridgehead atoms. The van der Waals surface area contributed by atoms with Crippen LogP contribution in [0.3, 0.4) is 0 Å². The summed E-state index contributed by atoms with van der Waals surface area (Å²) in [6.07, 6.45) is 8.39.